The maximum atomic E-state index is 13.4. The Hall–Kier alpha value is -2.37. The number of benzene rings is 1. The Morgan fingerprint density at radius 3 is 2.77 bits per heavy atom. The van der Waals surface area contributed by atoms with Crippen molar-refractivity contribution in [1.82, 2.24) is 4.57 Å². The van der Waals surface area contributed by atoms with E-state index < -0.39 is 23.1 Å². The summed E-state index contributed by atoms with van der Waals surface area (Å²) in [6, 6.07) is 3.54. The number of aromatic hydroxyl groups is 1. The Morgan fingerprint density at radius 2 is 2.14 bits per heavy atom. The van der Waals surface area contributed by atoms with Crippen molar-refractivity contribution in [2.45, 2.75) is 26.3 Å². The highest BCUT2D eigenvalue weighted by molar-refractivity contribution is 5.99. The molecule has 0 atom stereocenters. The van der Waals surface area contributed by atoms with E-state index >= 15 is 0 Å². The van der Waals surface area contributed by atoms with Crippen molar-refractivity contribution in [2.24, 2.45) is 5.92 Å². The van der Waals surface area contributed by atoms with Crippen LogP contribution in [0.1, 0.15) is 30.3 Å². The van der Waals surface area contributed by atoms with Gasteiger partial charge in [-0.05, 0) is 43.9 Å². The molecular weight excluding hydrogens is 289 g/mol. The van der Waals surface area contributed by atoms with Crippen LogP contribution in [-0.2, 0) is 11.3 Å². The highest BCUT2D eigenvalue weighted by Gasteiger charge is 2.28. The molecule has 0 spiro atoms. The normalized spacial score (nSPS) is 14.3. The first kappa shape index (κ1) is 14.6. The molecule has 5 nitrogen and oxygen atoms in total. The van der Waals surface area contributed by atoms with E-state index in [4.69, 9.17) is 4.74 Å². The molecule has 22 heavy (non-hydrogen) atoms. The number of nitrogens with zero attached hydrogens (tertiary/aromatic N) is 1. The molecule has 6 heteroatoms. The molecule has 3 rings (SSSR count). The zero-order valence-corrected chi connectivity index (χ0v) is 12.1. The first-order chi connectivity index (χ1) is 10.5. The lowest BCUT2D eigenvalue weighted by atomic mass is 10.1. The molecule has 1 saturated carbocycles. The van der Waals surface area contributed by atoms with E-state index in [1.165, 1.54) is 10.6 Å². The minimum absolute atomic E-state index is 0.0279. The van der Waals surface area contributed by atoms with Crippen molar-refractivity contribution in [1.29, 1.82) is 0 Å². The lowest BCUT2D eigenvalue weighted by molar-refractivity contribution is 0.0508. The van der Waals surface area contributed by atoms with Crippen LogP contribution in [0.5, 0.6) is 5.75 Å². The fraction of sp³-hybridized carbons (Fsp3) is 0.375. The standard InChI is InChI=1S/C16H16FNO4/c1-2-22-16(21)13-14(19)12-7-10(17)5-6-11(12)15(20)18(13)8-9-3-4-9/h5-7,9,19H,2-4,8H2,1H3. The van der Waals surface area contributed by atoms with Gasteiger partial charge in [-0.1, -0.05) is 0 Å². The summed E-state index contributed by atoms with van der Waals surface area (Å²) in [5.41, 5.74) is -0.611. The minimum Gasteiger partial charge on any atom is -0.505 e. The van der Waals surface area contributed by atoms with Crippen molar-refractivity contribution in [3.63, 3.8) is 0 Å². The average Bonchev–Trinajstić information content (AvgIpc) is 3.29. The Morgan fingerprint density at radius 1 is 1.41 bits per heavy atom. The summed E-state index contributed by atoms with van der Waals surface area (Å²) in [7, 11) is 0. The third-order valence-corrected chi connectivity index (χ3v) is 3.81. The highest BCUT2D eigenvalue weighted by atomic mass is 19.1. The van der Waals surface area contributed by atoms with Gasteiger partial charge in [0.1, 0.15) is 5.82 Å². The van der Waals surface area contributed by atoms with Gasteiger partial charge in [-0.2, -0.15) is 0 Å². The first-order valence-electron chi connectivity index (χ1n) is 7.25. The quantitative estimate of drug-likeness (QED) is 0.881. The largest absolute Gasteiger partial charge is 0.505 e. The molecule has 0 unspecified atom stereocenters. The molecular formula is C16H16FNO4. The number of esters is 1. The molecule has 1 N–H and O–H groups in total. The Balaban J connectivity index is 2.30. The summed E-state index contributed by atoms with van der Waals surface area (Å²) in [5, 5.41) is 10.6. The minimum atomic E-state index is -0.774. The second kappa shape index (κ2) is 5.44. The third-order valence-electron chi connectivity index (χ3n) is 3.81. The van der Waals surface area contributed by atoms with Crippen molar-refractivity contribution in [3.05, 3.63) is 40.1 Å². The molecule has 116 valence electrons. The van der Waals surface area contributed by atoms with Gasteiger partial charge in [-0.3, -0.25) is 9.36 Å². The van der Waals surface area contributed by atoms with Gasteiger partial charge >= 0.3 is 5.97 Å². The Bertz CT molecular complexity index is 808. The lowest BCUT2D eigenvalue weighted by Gasteiger charge is -2.15. The number of halogens is 1. The molecule has 0 radical (unpaired) electrons. The van der Waals surface area contributed by atoms with Crippen LogP contribution in [0.15, 0.2) is 23.0 Å². The number of rotatable bonds is 4. The van der Waals surface area contributed by atoms with Crippen molar-refractivity contribution in [2.75, 3.05) is 6.61 Å². The summed E-state index contributed by atoms with van der Waals surface area (Å²) in [5.74, 6) is -1.45. The molecule has 1 aromatic carbocycles. The van der Waals surface area contributed by atoms with E-state index in [2.05, 4.69) is 0 Å². The molecule has 0 aliphatic heterocycles. The van der Waals surface area contributed by atoms with Crippen molar-refractivity contribution < 1.29 is 19.0 Å². The Kier molecular flexibility index (Phi) is 3.60. The van der Waals surface area contributed by atoms with E-state index in [1.807, 2.05) is 0 Å². The number of aromatic nitrogens is 1. The zero-order valence-electron chi connectivity index (χ0n) is 12.1. The second-order valence-corrected chi connectivity index (χ2v) is 5.47. The van der Waals surface area contributed by atoms with Gasteiger partial charge in [-0.25, -0.2) is 9.18 Å². The molecule has 1 fully saturated rings. The average molecular weight is 305 g/mol. The summed E-state index contributed by atoms with van der Waals surface area (Å²) in [6.45, 7) is 2.12. The van der Waals surface area contributed by atoms with Crippen LogP contribution in [0.25, 0.3) is 10.8 Å². The molecule has 0 amide bonds. The lowest BCUT2D eigenvalue weighted by Crippen LogP contribution is -2.28. The number of ether oxygens (including phenoxy) is 1. The number of fused-ring (bicyclic) bond motifs is 1. The van der Waals surface area contributed by atoms with Crippen LogP contribution >= 0.6 is 0 Å². The predicted molar refractivity (Wildman–Crippen MR) is 78.5 cm³/mol. The van der Waals surface area contributed by atoms with E-state index in [1.54, 1.807) is 6.92 Å². The van der Waals surface area contributed by atoms with Crippen LogP contribution in [0.2, 0.25) is 0 Å². The molecule has 1 heterocycles. The molecule has 0 bridgehead atoms. The number of hydrogen-bond donors (Lipinski definition) is 1. The van der Waals surface area contributed by atoms with Crippen molar-refractivity contribution >= 4 is 16.7 Å². The van der Waals surface area contributed by atoms with Crippen LogP contribution in [0.4, 0.5) is 4.39 Å². The number of hydrogen-bond acceptors (Lipinski definition) is 4. The molecule has 1 aromatic heterocycles. The van der Waals surface area contributed by atoms with Crippen LogP contribution in [-0.4, -0.2) is 22.2 Å². The van der Waals surface area contributed by atoms with Gasteiger partial charge in [0.05, 0.1) is 12.0 Å². The van der Waals surface area contributed by atoms with Gasteiger partial charge in [0.2, 0.25) is 0 Å². The SMILES string of the molecule is CCOC(=O)c1c(O)c2cc(F)ccc2c(=O)n1CC1CC1. The summed E-state index contributed by atoms with van der Waals surface area (Å²) in [6.07, 6.45) is 1.97. The summed E-state index contributed by atoms with van der Waals surface area (Å²) in [4.78, 5) is 24.7. The predicted octanol–water partition coefficient (Wildman–Crippen LogP) is 2.43. The fourth-order valence-electron chi connectivity index (χ4n) is 2.54. The molecule has 1 aliphatic carbocycles. The van der Waals surface area contributed by atoms with E-state index in [9.17, 15) is 19.1 Å². The van der Waals surface area contributed by atoms with Crippen LogP contribution < -0.4 is 5.56 Å². The topological polar surface area (TPSA) is 68.5 Å². The van der Waals surface area contributed by atoms with Gasteiger partial charge in [-0.15, -0.1) is 0 Å². The smallest absolute Gasteiger partial charge is 0.358 e. The van der Waals surface area contributed by atoms with Gasteiger partial charge in [0, 0.05) is 11.9 Å². The van der Waals surface area contributed by atoms with E-state index in [0.29, 0.717) is 12.5 Å². The maximum Gasteiger partial charge on any atom is 0.358 e. The van der Waals surface area contributed by atoms with Crippen molar-refractivity contribution in [3.8, 4) is 5.75 Å². The molecule has 0 saturated heterocycles. The molecule has 2 aromatic rings. The van der Waals surface area contributed by atoms with E-state index in [0.717, 1.165) is 25.0 Å². The summed E-state index contributed by atoms with van der Waals surface area (Å²) < 4.78 is 19.6. The maximum absolute atomic E-state index is 13.4. The van der Waals surface area contributed by atoms with E-state index in [-0.39, 0.29) is 23.1 Å². The van der Waals surface area contributed by atoms with Gasteiger partial charge < -0.3 is 9.84 Å². The number of carbonyl (C=O) groups excluding carboxylic acids is 1. The number of carbonyl (C=O) groups is 1. The molecule has 1 aliphatic rings. The third kappa shape index (κ3) is 2.45. The van der Waals surface area contributed by atoms with Gasteiger partial charge in [0.25, 0.3) is 5.56 Å². The monoisotopic (exact) mass is 305 g/mol. The van der Waals surface area contributed by atoms with Crippen LogP contribution in [0, 0.1) is 11.7 Å². The van der Waals surface area contributed by atoms with Crippen LogP contribution in [0.3, 0.4) is 0 Å². The summed E-state index contributed by atoms with van der Waals surface area (Å²) >= 11 is 0. The fourth-order valence-corrected chi connectivity index (χ4v) is 2.54. The van der Waals surface area contributed by atoms with Gasteiger partial charge in [0.15, 0.2) is 11.4 Å². The number of pyridine rings is 1. The zero-order chi connectivity index (χ0) is 15.9. The Labute approximate surface area is 125 Å². The second-order valence-electron chi connectivity index (χ2n) is 5.47. The first-order valence-corrected chi connectivity index (χ1v) is 7.25. The highest BCUT2D eigenvalue weighted by Crippen LogP contribution is 2.33.